The molecule has 0 aromatic carbocycles. The van der Waals surface area contributed by atoms with E-state index in [1.807, 2.05) is 0 Å². The van der Waals surface area contributed by atoms with E-state index < -0.39 is 5.97 Å². The zero-order valence-corrected chi connectivity index (χ0v) is 24.4. The molecule has 0 aromatic heterocycles. The lowest BCUT2D eigenvalue weighted by Crippen LogP contribution is -2.51. The van der Waals surface area contributed by atoms with Crippen molar-refractivity contribution in [2.45, 2.75) is 131 Å². The molecule has 0 bridgehead atoms. The first-order valence-electron chi connectivity index (χ1n) is 15.6. The van der Waals surface area contributed by atoms with Crippen molar-refractivity contribution in [3.8, 4) is 0 Å². The highest BCUT2D eigenvalue weighted by atomic mass is 16.5. The normalized spacial score (nSPS) is 37.9. The van der Waals surface area contributed by atoms with E-state index in [2.05, 4.69) is 40.7 Å². The predicted octanol–water partition coefficient (Wildman–Crippen LogP) is 8.24. The lowest BCUT2D eigenvalue weighted by atomic mass is 9.47. The summed E-state index contributed by atoms with van der Waals surface area (Å²) in [6.07, 6.45) is 18.0. The number of Topliss-reactive ketones (excluding diaryl/α,β-unsaturated/α-hetero) is 1. The Labute approximate surface area is 226 Å². The molecule has 0 unspecified atom stereocenters. The molecule has 0 aliphatic heterocycles. The summed E-state index contributed by atoms with van der Waals surface area (Å²) in [5.41, 5.74) is 2.52. The van der Waals surface area contributed by atoms with E-state index in [-0.39, 0.29) is 18.3 Å². The number of rotatable bonds is 12. The molecule has 1 N–H and O–H groups in total. The Bertz CT molecular complexity index is 845. The first kappa shape index (κ1) is 28.8. The lowest BCUT2D eigenvalue weighted by molar-refractivity contribution is -0.140. The Hall–Kier alpha value is -1.16. The molecule has 4 aliphatic rings. The summed E-state index contributed by atoms with van der Waals surface area (Å²) in [5.74, 6) is 3.96. The van der Waals surface area contributed by atoms with Crippen LogP contribution in [-0.4, -0.2) is 29.6 Å². The molecule has 0 amide bonds. The fraction of sp³-hybridized carbons (Fsp3) is 0.879. The first-order valence-corrected chi connectivity index (χ1v) is 15.6. The average Bonchev–Trinajstić information content (AvgIpc) is 3.18. The molecule has 210 valence electrons. The maximum atomic E-state index is 11.7. The van der Waals surface area contributed by atoms with Gasteiger partial charge in [0, 0.05) is 13.0 Å². The van der Waals surface area contributed by atoms with Crippen molar-refractivity contribution in [1.82, 2.24) is 0 Å². The molecule has 4 rings (SSSR count). The number of ether oxygens (including phenoxy) is 1. The third kappa shape index (κ3) is 6.20. The van der Waals surface area contributed by atoms with E-state index in [0.29, 0.717) is 30.3 Å². The van der Waals surface area contributed by atoms with Crippen LogP contribution in [0.1, 0.15) is 125 Å². The minimum absolute atomic E-state index is 0.197. The highest BCUT2D eigenvalue weighted by Gasteiger charge is 2.59. The van der Waals surface area contributed by atoms with Crippen molar-refractivity contribution in [3.63, 3.8) is 0 Å². The quantitative estimate of drug-likeness (QED) is 0.162. The molecule has 0 spiro atoms. The van der Waals surface area contributed by atoms with Gasteiger partial charge in [0.25, 0.3) is 0 Å². The van der Waals surface area contributed by atoms with Crippen molar-refractivity contribution < 1.29 is 19.4 Å². The summed E-state index contributed by atoms with van der Waals surface area (Å²) in [6, 6.07) is 0. The van der Waals surface area contributed by atoms with E-state index in [1.165, 1.54) is 57.8 Å². The van der Waals surface area contributed by atoms with Crippen LogP contribution in [0.4, 0.5) is 0 Å². The van der Waals surface area contributed by atoms with Crippen LogP contribution >= 0.6 is 0 Å². The number of hydrogen-bond donors (Lipinski definition) is 1. The van der Waals surface area contributed by atoms with Crippen LogP contribution in [0, 0.1) is 46.3 Å². The standard InChI is InChI=1S/C33H54O4/c1-22(2)8-6-9-23(3)28-13-14-29-27-12-11-24-20-26(37-19-7-10-25(34)21-31(35)36)15-17-32(24,4)30(27)16-18-33(28,29)5/h11,22-23,26-30H,6-10,12-21H2,1-5H3,(H,35,36)/t23-,26+,27+,28-,29+,30+,32+,33-/m1/s1. The largest absolute Gasteiger partial charge is 0.481 e. The SMILES string of the molecule is CC(C)CCC[C@@H](C)[C@H]1CC[C@H]2[C@@H]3CC=C4C[C@@H](OCCCC(=O)CC(=O)O)CC[C@]4(C)[C@H]3CC[C@]12C. The minimum atomic E-state index is -1.03. The number of carboxylic acids is 1. The second kappa shape index (κ2) is 11.9. The second-order valence-corrected chi connectivity index (χ2v) is 14.2. The summed E-state index contributed by atoms with van der Waals surface area (Å²) in [7, 11) is 0. The van der Waals surface area contributed by atoms with Gasteiger partial charge in [-0.05, 0) is 104 Å². The number of carboxylic acid groups (broad SMARTS) is 1. The second-order valence-electron chi connectivity index (χ2n) is 14.2. The molecular weight excluding hydrogens is 460 g/mol. The van der Waals surface area contributed by atoms with Gasteiger partial charge in [-0.25, -0.2) is 0 Å². The monoisotopic (exact) mass is 514 g/mol. The number of allylic oxidation sites excluding steroid dienone is 1. The van der Waals surface area contributed by atoms with Crippen molar-refractivity contribution in [2.24, 2.45) is 46.3 Å². The Morgan fingerprint density at radius 1 is 1.03 bits per heavy atom. The van der Waals surface area contributed by atoms with Crippen molar-refractivity contribution in [3.05, 3.63) is 11.6 Å². The Morgan fingerprint density at radius 2 is 1.81 bits per heavy atom. The van der Waals surface area contributed by atoms with Gasteiger partial charge in [-0.1, -0.05) is 65.5 Å². The van der Waals surface area contributed by atoms with Crippen LogP contribution in [0.3, 0.4) is 0 Å². The average molecular weight is 515 g/mol. The fourth-order valence-electron chi connectivity index (χ4n) is 9.57. The molecular formula is C33H54O4. The van der Waals surface area contributed by atoms with Crippen LogP contribution in [0.2, 0.25) is 0 Å². The van der Waals surface area contributed by atoms with Crippen LogP contribution in [0.5, 0.6) is 0 Å². The summed E-state index contributed by atoms with van der Waals surface area (Å²) in [6.45, 7) is 13.1. The zero-order valence-electron chi connectivity index (χ0n) is 24.4. The van der Waals surface area contributed by atoms with Crippen LogP contribution in [0.15, 0.2) is 11.6 Å². The number of hydrogen-bond acceptors (Lipinski definition) is 3. The maximum absolute atomic E-state index is 11.7. The number of ketones is 1. The van der Waals surface area contributed by atoms with Gasteiger partial charge in [-0.3, -0.25) is 9.59 Å². The zero-order chi connectivity index (χ0) is 26.8. The number of aliphatic carboxylic acids is 1. The molecule has 3 saturated carbocycles. The van der Waals surface area contributed by atoms with Gasteiger partial charge in [0.05, 0.1) is 6.10 Å². The van der Waals surface area contributed by atoms with E-state index in [4.69, 9.17) is 9.84 Å². The third-order valence-electron chi connectivity index (χ3n) is 11.6. The number of carbonyl (C=O) groups excluding carboxylic acids is 1. The van der Waals surface area contributed by atoms with E-state index in [0.717, 1.165) is 48.3 Å². The van der Waals surface area contributed by atoms with Crippen molar-refractivity contribution in [1.29, 1.82) is 0 Å². The van der Waals surface area contributed by atoms with Gasteiger partial charge in [0.2, 0.25) is 0 Å². The molecule has 0 saturated heterocycles. The molecule has 4 heteroatoms. The number of carbonyl (C=O) groups is 2. The minimum Gasteiger partial charge on any atom is -0.481 e. The van der Waals surface area contributed by atoms with Gasteiger partial charge in [0.15, 0.2) is 0 Å². The maximum Gasteiger partial charge on any atom is 0.310 e. The Balaban J connectivity index is 1.33. The topological polar surface area (TPSA) is 63.6 Å². The molecule has 8 atom stereocenters. The van der Waals surface area contributed by atoms with Crippen molar-refractivity contribution >= 4 is 11.8 Å². The van der Waals surface area contributed by atoms with Gasteiger partial charge < -0.3 is 9.84 Å². The third-order valence-corrected chi connectivity index (χ3v) is 11.6. The van der Waals surface area contributed by atoms with Crippen LogP contribution in [-0.2, 0) is 14.3 Å². The summed E-state index contributed by atoms with van der Waals surface area (Å²) in [4.78, 5) is 22.3. The van der Waals surface area contributed by atoms with Crippen LogP contribution in [0.25, 0.3) is 0 Å². The molecule has 4 aliphatic carbocycles. The van der Waals surface area contributed by atoms with Crippen LogP contribution < -0.4 is 0 Å². The fourth-order valence-corrected chi connectivity index (χ4v) is 9.57. The molecule has 0 heterocycles. The number of fused-ring (bicyclic) bond motifs is 5. The Morgan fingerprint density at radius 3 is 2.54 bits per heavy atom. The molecule has 0 radical (unpaired) electrons. The van der Waals surface area contributed by atoms with Gasteiger partial charge in [-0.2, -0.15) is 0 Å². The van der Waals surface area contributed by atoms with Crippen molar-refractivity contribution in [2.75, 3.05) is 6.61 Å². The smallest absolute Gasteiger partial charge is 0.310 e. The first-order chi connectivity index (χ1) is 17.5. The summed E-state index contributed by atoms with van der Waals surface area (Å²) in [5, 5.41) is 8.75. The molecule has 3 fully saturated rings. The van der Waals surface area contributed by atoms with Gasteiger partial charge >= 0.3 is 5.97 Å². The van der Waals surface area contributed by atoms with Gasteiger partial charge in [0.1, 0.15) is 12.2 Å². The van der Waals surface area contributed by atoms with E-state index in [9.17, 15) is 9.59 Å². The molecule has 37 heavy (non-hydrogen) atoms. The summed E-state index contributed by atoms with van der Waals surface area (Å²) < 4.78 is 6.20. The van der Waals surface area contributed by atoms with E-state index >= 15 is 0 Å². The molecule has 4 nitrogen and oxygen atoms in total. The van der Waals surface area contributed by atoms with Gasteiger partial charge in [-0.15, -0.1) is 0 Å². The lowest BCUT2D eigenvalue weighted by Gasteiger charge is -2.58. The summed E-state index contributed by atoms with van der Waals surface area (Å²) >= 11 is 0. The van der Waals surface area contributed by atoms with E-state index in [1.54, 1.807) is 5.57 Å². The highest BCUT2D eigenvalue weighted by Crippen LogP contribution is 2.67. The predicted molar refractivity (Wildman–Crippen MR) is 149 cm³/mol. The highest BCUT2D eigenvalue weighted by molar-refractivity contribution is 5.94. The molecule has 0 aromatic rings. The Kier molecular flexibility index (Phi) is 9.29.